The lowest BCUT2D eigenvalue weighted by Gasteiger charge is -2.44. The first kappa shape index (κ1) is 18.3. The van der Waals surface area contributed by atoms with Crippen LogP contribution in [0.3, 0.4) is 0 Å². The summed E-state index contributed by atoms with van der Waals surface area (Å²) >= 11 is 0. The summed E-state index contributed by atoms with van der Waals surface area (Å²) in [6.07, 6.45) is -0.136. The molecule has 5 nitrogen and oxygen atoms in total. The third kappa shape index (κ3) is 3.08. The molecule has 1 aliphatic rings. The van der Waals surface area contributed by atoms with Gasteiger partial charge in [0.1, 0.15) is 11.9 Å². The van der Waals surface area contributed by atoms with Crippen molar-refractivity contribution in [3.63, 3.8) is 0 Å². The smallest absolute Gasteiger partial charge is 0.232 e. The van der Waals surface area contributed by atoms with E-state index in [1.54, 1.807) is 7.11 Å². The van der Waals surface area contributed by atoms with Gasteiger partial charge in [-0.05, 0) is 42.3 Å². The minimum absolute atomic E-state index is 0.0387. The Hall–Kier alpha value is -3.73. The average molecular weight is 397 g/mol. The maximum Gasteiger partial charge on any atom is 0.232 e. The van der Waals surface area contributed by atoms with Crippen molar-refractivity contribution in [3.05, 3.63) is 107 Å². The topological polar surface area (TPSA) is 50.5 Å². The van der Waals surface area contributed by atoms with Gasteiger partial charge in [0.25, 0.3) is 0 Å². The Morgan fingerprint density at radius 3 is 2.20 bits per heavy atom. The fraction of sp³-hybridized carbons (Fsp3) is 0.160. The minimum Gasteiger partial charge on any atom is -0.497 e. The number of fused-ring (bicyclic) bond motifs is 1. The first-order valence-corrected chi connectivity index (χ1v) is 10.0. The van der Waals surface area contributed by atoms with Crippen LogP contribution in [0.15, 0.2) is 89.5 Å². The summed E-state index contributed by atoms with van der Waals surface area (Å²) in [5.41, 5.74) is 5.37. The molecule has 1 N–H and O–H groups in total. The lowest BCUT2D eigenvalue weighted by atomic mass is 9.92. The molecule has 30 heavy (non-hydrogen) atoms. The lowest BCUT2D eigenvalue weighted by molar-refractivity contribution is 0.413. The van der Waals surface area contributed by atoms with E-state index < -0.39 is 0 Å². The minimum atomic E-state index is -0.136. The van der Waals surface area contributed by atoms with Crippen molar-refractivity contribution < 1.29 is 9.26 Å². The van der Waals surface area contributed by atoms with E-state index in [1.165, 1.54) is 5.56 Å². The maximum absolute atomic E-state index is 5.71. The molecule has 1 aliphatic heterocycles. The van der Waals surface area contributed by atoms with Crippen LogP contribution in [0.2, 0.25) is 0 Å². The van der Waals surface area contributed by atoms with E-state index in [1.807, 2.05) is 31.2 Å². The molecular formula is C25H23N3O2. The van der Waals surface area contributed by atoms with Gasteiger partial charge in [-0.25, -0.2) is 0 Å². The number of hydrogen-bond donors (Lipinski definition) is 1. The molecule has 5 heteroatoms. The number of rotatable bonds is 4. The van der Waals surface area contributed by atoms with Crippen LogP contribution in [0, 0.1) is 6.92 Å². The quantitative estimate of drug-likeness (QED) is 0.478. The molecule has 0 saturated carbocycles. The highest BCUT2D eigenvalue weighted by atomic mass is 16.5. The molecule has 2 atom stereocenters. The molecule has 0 spiro atoms. The third-order valence-electron chi connectivity index (χ3n) is 5.61. The number of benzene rings is 3. The number of nitrogens with one attached hydrogen (secondary N) is 1. The van der Waals surface area contributed by atoms with Crippen molar-refractivity contribution in [3.8, 4) is 5.75 Å². The molecule has 0 saturated heterocycles. The number of nitrogens with zero attached hydrogens (tertiary/aromatic N) is 2. The average Bonchev–Trinajstić information content (AvgIpc) is 3.19. The normalized spacial score (nSPS) is 17.9. The first-order chi connectivity index (χ1) is 14.8. The van der Waals surface area contributed by atoms with E-state index in [0.717, 1.165) is 28.3 Å². The summed E-state index contributed by atoms with van der Waals surface area (Å²) in [6.45, 7) is 2.00. The fourth-order valence-corrected chi connectivity index (χ4v) is 4.18. The van der Waals surface area contributed by atoms with Gasteiger partial charge >= 0.3 is 0 Å². The molecule has 5 rings (SSSR count). The van der Waals surface area contributed by atoms with Gasteiger partial charge in [-0.3, -0.25) is 0 Å². The summed E-state index contributed by atoms with van der Waals surface area (Å²) in [4.78, 5) is 2.39. The second-order valence-electron chi connectivity index (χ2n) is 7.39. The van der Waals surface area contributed by atoms with Crippen molar-refractivity contribution in [2.45, 2.75) is 19.1 Å². The SMILES string of the molecule is COc1ccc(C2Nc3onc(C)c3C(c3ccccc3)N2c2ccccc2)cc1. The zero-order chi connectivity index (χ0) is 20.5. The van der Waals surface area contributed by atoms with Crippen LogP contribution in [0.1, 0.15) is 34.6 Å². The largest absolute Gasteiger partial charge is 0.497 e. The first-order valence-electron chi connectivity index (χ1n) is 10.0. The molecule has 1 aromatic heterocycles. The molecule has 4 aromatic rings. The molecule has 3 aromatic carbocycles. The van der Waals surface area contributed by atoms with E-state index in [9.17, 15) is 0 Å². The number of para-hydroxylation sites is 1. The summed E-state index contributed by atoms with van der Waals surface area (Å²) in [5.74, 6) is 1.55. The number of hydrogen-bond acceptors (Lipinski definition) is 5. The maximum atomic E-state index is 5.71. The lowest BCUT2D eigenvalue weighted by Crippen LogP contribution is -2.41. The summed E-state index contributed by atoms with van der Waals surface area (Å²) < 4.78 is 11.1. The highest BCUT2D eigenvalue weighted by Crippen LogP contribution is 2.47. The Bertz CT molecular complexity index is 1120. The van der Waals surface area contributed by atoms with Gasteiger partial charge in [0, 0.05) is 5.69 Å². The molecule has 150 valence electrons. The van der Waals surface area contributed by atoms with Crippen molar-refractivity contribution in [2.24, 2.45) is 0 Å². The van der Waals surface area contributed by atoms with Crippen LogP contribution in [-0.2, 0) is 0 Å². The van der Waals surface area contributed by atoms with Crippen molar-refractivity contribution in [1.82, 2.24) is 5.16 Å². The predicted molar refractivity (Wildman–Crippen MR) is 118 cm³/mol. The molecule has 0 radical (unpaired) electrons. The molecule has 0 aliphatic carbocycles. The van der Waals surface area contributed by atoms with Crippen LogP contribution in [0.25, 0.3) is 0 Å². The van der Waals surface area contributed by atoms with E-state index in [0.29, 0.717) is 5.88 Å². The van der Waals surface area contributed by atoms with Crippen LogP contribution < -0.4 is 15.0 Å². The van der Waals surface area contributed by atoms with Gasteiger partial charge in [-0.15, -0.1) is 0 Å². The Balaban J connectivity index is 1.72. The van der Waals surface area contributed by atoms with Gasteiger partial charge in [0.15, 0.2) is 0 Å². The monoisotopic (exact) mass is 397 g/mol. The molecular weight excluding hydrogens is 374 g/mol. The second-order valence-corrected chi connectivity index (χ2v) is 7.39. The van der Waals surface area contributed by atoms with Gasteiger partial charge in [0.2, 0.25) is 5.88 Å². The third-order valence-corrected chi connectivity index (χ3v) is 5.61. The Morgan fingerprint density at radius 2 is 1.53 bits per heavy atom. The summed E-state index contributed by atoms with van der Waals surface area (Å²) in [5, 5.41) is 7.85. The van der Waals surface area contributed by atoms with E-state index in [-0.39, 0.29) is 12.2 Å². The zero-order valence-electron chi connectivity index (χ0n) is 16.9. The Labute approximate surface area is 175 Å². The molecule has 2 unspecified atom stereocenters. The van der Waals surface area contributed by atoms with E-state index in [2.05, 4.69) is 76.0 Å². The van der Waals surface area contributed by atoms with Gasteiger partial charge in [0.05, 0.1) is 24.4 Å². The van der Waals surface area contributed by atoms with Crippen molar-refractivity contribution >= 4 is 11.6 Å². The molecule has 0 bridgehead atoms. The summed E-state index contributed by atoms with van der Waals surface area (Å²) in [6, 6.07) is 29.1. The van der Waals surface area contributed by atoms with Crippen LogP contribution >= 0.6 is 0 Å². The van der Waals surface area contributed by atoms with Gasteiger partial charge < -0.3 is 19.5 Å². The van der Waals surface area contributed by atoms with Crippen LogP contribution in [-0.4, -0.2) is 12.3 Å². The van der Waals surface area contributed by atoms with Crippen molar-refractivity contribution in [1.29, 1.82) is 0 Å². The number of methoxy groups -OCH3 is 1. The van der Waals surface area contributed by atoms with Crippen LogP contribution in [0.4, 0.5) is 11.6 Å². The summed E-state index contributed by atoms with van der Waals surface area (Å²) in [7, 11) is 1.68. The molecule has 0 fully saturated rings. The second kappa shape index (κ2) is 7.59. The van der Waals surface area contributed by atoms with Gasteiger partial charge in [-0.2, -0.15) is 0 Å². The van der Waals surface area contributed by atoms with Crippen molar-refractivity contribution in [2.75, 3.05) is 17.3 Å². The van der Waals surface area contributed by atoms with E-state index in [4.69, 9.17) is 9.26 Å². The zero-order valence-corrected chi connectivity index (χ0v) is 16.9. The standard InChI is InChI=1S/C25H23N3O2/c1-17-22-23(18-9-5-3-6-10-18)28(20-11-7-4-8-12-20)24(26-25(22)30-27-17)19-13-15-21(29-2)16-14-19/h3-16,23-24,26H,1-2H3. The highest BCUT2D eigenvalue weighted by molar-refractivity contribution is 5.64. The fourth-order valence-electron chi connectivity index (χ4n) is 4.18. The van der Waals surface area contributed by atoms with E-state index >= 15 is 0 Å². The predicted octanol–water partition coefficient (Wildman–Crippen LogP) is 5.71. The molecule has 2 heterocycles. The number of aromatic nitrogens is 1. The van der Waals surface area contributed by atoms with Crippen LogP contribution in [0.5, 0.6) is 5.75 Å². The highest BCUT2D eigenvalue weighted by Gasteiger charge is 2.40. The number of anilines is 2. The number of aryl methyl sites for hydroxylation is 1. The Morgan fingerprint density at radius 1 is 0.867 bits per heavy atom. The molecule has 0 amide bonds. The number of ether oxygens (including phenoxy) is 1. The van der Waals surface area contributed by atoms with Gasteiger partial charge in [-0.1, -0.05) is 65.8 Å². The Kier molecular flexibility index (Phi) is 4.64.